The number of amides is 1. The Morgan fingerprint density at radius 2 is 2.24 bits per heavy atom. The molecule has 0 unspecified atom stereocenters. The fourth-order valence-corrected chi connectivity index (χ4v) is 1.16. The van der Waals surface area contributed by atoms with Crippen LogP contribution in [0.15, 0.2) is 10.9 Å². The van der Waals surface area contributed by atoms with Crippen LogP contribution < -0.4 is 16.6 Å². The van der Waals surface area contributed by atoms with Gasteiger partial charge in [0, 0.05) is 19.0 Å². The van der Waals surface area contributed by atoms with Crippen molar-refractivity contribution in [1.82, 2.24) is 9.97 Å². The van der Waals surface area contributed by atoms with E-state index in [-0.39, 0.29) is 5.56 Å². The first-order valence-corrected chi connectivity index (χ1v) is 5.49. The first-order valence-electron chi connectivity index (χ1n) is 5.49. The molecule has 94 valence electrons. The summed E-state index contributed by atoms with van der Waals surface area (Å²) in [5.74, 6) is 0.669. The third-order valence-corrected chi connectivity index (χ3v) is 2.50. The van der Waals surface area contributed by atoms with Crippen molar-refractivity contribution in [2.24, 2.45) is 11.1 Å². The lowest BCUT2D eigenvalue weighted by atomic mass is 9.93. The predicted octanol–water partition coefficient (Wildman–Crippen LogP) is 0.256. The number of nitrogens with one attached hydrogen (secondary N) is 2. The van der Waals surface area contributed by atoms with Crippen LogP contribution >= 0.6 is 0 Å². The normalized spacial score (nSPS) is 11.2. The van der Waals surface area contributed by atoms with Crippen molar-refractivity contribution in [2.75, 3.05) is 11.9 Å². The topological polar surface area (TPSA) is 101 Å². The third-order valence-electron chi connectivity index (χ3n) is 2.50. The molecule has 0 radical (unpaired) electrons. The van der Waals surface area contributed by atoms with Crippen LogP contribution in [0.1, 0.15) is 26.6 Å². The summed E-state index contributed by atoms with van der Waals surface area (Å²) < 4.78 is 0. The number of nitrogens with zero attached hydrogens (tertiary/aromatic N) is 1. The van der Waals surface area contributed by atoms with Crippen LogP contribution in [0.2, 0.25) is 0 Å². The second kappa shape index (κ2) is 4.99. The zero-order chi connectivity index (χ0) is 13.1. The lowest BCUT2D eigenvalue weighted by Crippen LogP contribution is -2.37. The van der Waals surface area contributed by atoms with Gasteiger partial charge >= 0.3 is 0 Å². The number of carbonyl (C=O) groups is 1. The van der Waals surface area contributed by atoms with Gasteiger partial charge in [-0.05, 0) is 13.8 Å². The number of H-pyrrole nitrogens is 1. The van der Waals surface area contributed by atoms with Crippen molar-refractivity contribution < 1.29 is 4.79 Å². The Kier molecular flexibility index (Phi) is 3.88. The van der Waals surface area contributed by atoms with Crippen LogP contribution in [-0.4, -0.2) is 22.4 Å². The van der Waals surface area contributed by atoms with Crippen LogP contribution in [0.25, 0.3) is 0 Å². The SMILES string of the molecule is CCc1nc(NCC(C)(C)C(N)=O)cc(=O)[nH]1. The quantitative estimate of drug-likeness (QED) is 0.684. The molecule has 0 aliphatic heterocycles. The smallest absolute Gasteiger partial charge is 0.252 e. The molecular weight excluding hydrogens is 220 g/mol. The van der Waals surface area contributed by atoms with Gasteiger partial charge in [0.15, 0.2) is 0 Å². The number of rotatable bonds is 5. The average molecular weight is 238 g/mol. The summed E-state index contributed by atoms with van der Waals surface area (Å²) in [6.07, 6.45) is 0.643. The third kappa shape index (κ3) is 3.58. The Bertz CT molecular complexity index is 465. The standard InChI is InChI=1S/C11H18N4O2/c1-4-7-14-8(5-9(16)15-7)13-6-11(2,3)10(12)17/h5H,4,6H2,1-3H3,(H2,12,17)(H2,13,14,15,16). The summed E-state index contributed by atoms with van der Waals surface area (Å²) in [4.78, 5) is 29.2. The maximum absolute atomic E-state index is 11.3. The Labute approximate surface area is 99.6 Å². The van der Waals surface area contributed by atoms with Crippen LogP contribution in [0.3, 0.4) is 0 Å². The van der Waals surface area contributed by atoms with Gasteiger partial charge in [-0.3, -0.25) is 9.59 Å². The minimum atomic E-state index is -0.684. The molecule has 17 heavy (non-hydrogen) atoms. The summed E-state index contributed by atoms with van der Waals surface area (Å²) >= 11 is 0. The molecule has 1 aromatic rings. The van der Waals surface area contributed by atoms with Gasteiger partial charge in [0.1, 0.15) is 11.6 Å². The van der Waals surface area contributed by atoms with Crippen molar-refractivity contribution >= 4 is 11.7 Å². The van der Waals surface area contributed by atoms with Crippen LogP contribution in [0.4, 0.5) is 5.82 Å². The molecule has 0 aliphatic rings. The van der Waals surface area contributed by atoms with Crippen LogP contribution in [0, 0.1) is 5.41 Å². The molecule has 6 nitrogen and oxygen atoms in total. The number of hydrogen-bond acceptors (Lipinski definition) is 4. The fraction of sp³-hybridized carbons (Fsp3) is 0.545. The van der Waals surface area contributed by atoms with E-state index in [1.165, 1.54) is 6.07 Å². The zero-order valence-corrected chi connectivity index (χ0v) is 10.3. The van der Waals surface area contributed by atoms with E-state index in [9.17, 15) is 9.59 Å². The lowest BCUT2D eigenvalue weighted by Gasteiger charge is -2.21. The van der Waals surface area contributed by atoms with Gasteiger partial charge in [0.2, 0.25) is 5.91 Å². The minimum absolute atomic E-state index is 0.212. The first kappa shape index (κ1) is 13.2. The first-order chi connectivity index (χ1) is 7.85. The van der Waals surface area contributed by atoms with Gasteiger partial charge in [-0.1, -0.05) is 6.92 Å². The number of aromatic amines is 1. The van der Waals surface area contributed by atoms with Crippen molar-refractivity contribution in [3.8, 4) is 0 Å². The molecule has 0 fully saturated rings. The molecule has 0 saturated heterocycles. The number of carbonyl (C=O) groups excluding carboxylic acids is 1. The highest BCUT2D eigenvalue weighted by atomic mass is 16.1. The van der Waals surface area contributed by atoms with Gasteiger partial charge in [0.25, 0.3) is 5.56 Å². The molecule has 6 heteroatoms. The molecular formula is C11H18N4O2. The van der Waals surface area contributed by atoms with E-state index in [0.29, 0.717) is 24.6 Å². The molecule has 0 bridgehead atoms. The van der Waals surface area contributed by atoms with Crippen molar-refractivity contribution in [1.29, 1.82) is 0 Å². The number of aryl methyl sites for hydroxylation is 1. The molecule has 1 rings (SSSR count). The predicted molar refractivity (Wildman–Crippen MR) is 65.7 cm³/mol. The molecule has 4 N–H and O–H groups in total. The maximum atomic E-state index is 11.3. The van der Waals surface area contributed by atoms with Crippen LogP contribution in [-0.2, 0) is 11.2 Å². The maximum Gasteiger partial charge on any atom is 0.252 e. The summed E-state index contributed by atoms with van der Waals surface area (Å²) in [5, 5.41) is 2.95. The number of hydrogen-bond donors (Lipinski definition) is 3. The Hall–Kier alpha value is -1.85. The van der Waals surface area contributed by atoms with E-state index in [4.69, 9.17) is 5.73 Å². The number of nitrogens with two attached hydrogens (primary N) is 1. The molecule has 0 aromatic carbocycles. The fourth-order valence-electron chi connectivity index (χ4n) is 1.16. The van der Waals surface area contributed by atoms with Crippen molar-refractivity contribution in [2.45, 2.75) is 27.2 Å². The highest BCUT2D eigenvalue weighted by Gasteiger charge is 2.24. The van der Waals surface area contributed by atoms with E-state index < -0.39 is 11.3 Å². The minimum Gasteiger partial charge on any atom is -0.369 e. The number of primary amides is 1. The Morgan fingerprint density at radius 1 is 1.59 bits per heavy atom. The molecule has 0 spiro atoms. The molecule has 0 atom stereocenters. The second-order valence-electron chi connectivity index (χ2n) is 4.53. The van der Waals surface area contributed by atoms with Gasteiger partial charge in [-0.15, -0.1) is 0 Å². The van der Waals surface area contributed by atoms with Gasteiger partial charge in [-0.25, -0.2) is 4.98 Å². The summed E-state index contributed by atoms with van der Waals surface area (Å²) in [6, 6.07) is 1.36. The average Bonchev–Trinajstić information content (AvgIpc) is 2.25. The van der Waals surface area contributed by atoms with Gasteiger partial charge in [0.05, 0.1) is 5.41 Å². The number of aromatic nitrogens is 2. The molecule has 1 heterocycles. The van der Waals surface area contributed by atoms with Crippen molar-refractivity contribution in [3.63, 3.8) is 0 Å². The number of anilines is 1. The monoisotopic (exact) mass is 238 g/mol. The highest BCUT2D eigenvalue weighted by molar-refractivity contribution is 5.80. The van der Waals surface area contributed by atoms with E-state index in [1.54, 1.807) is 13.8 Å². The summed E-state index contributed by atoms with van der Waals surface area (Å²) in [6.45, 7) is 5.70. The van der Waals surface area contributed by atoms with Crippen LogP contribution in [0.5, 0.6) is 0 Å². The molecule has 1 amide bonds. The molecule has 0 aliphatic carbocycles. The Morgan fingerprint density at radius 3 is 2.76 bits per heavy atom. The molecule has 0 saturated carbocycles. The van der Waals surface area contributed by atoms with Gasteiger partial charge in [-0.2, -0.15) is 0 Å². The Balaban J connectivity index is 2.79. The molecule has 1 aromatic heterocycles. The van der Waals surface area contributed by atoms with E-state index >= 15 is 0 Å². The highest BCUT2D eigenvalue weighted by Crippen LogP contribution is 2.14. The lowest BCUT2D eigenvalue weighted by molar-refractivity contribution is -0.125. The van der Waals surface area contributed by atoms with E-state index in [1.807, 2.05) is 6.92 Å². The van der Waals surface area contributed by atoms with E-state index in [0.717, 1.165) is 0 Å². The van der Waals surface area contributed by atoms with E-state index in [2.05, 4.69) is 15.3 Å². The second-order valence-corrected chi connectivity index (χ2v) is 4.53. The van der Waals surface area contributed by atoms with Gasteiger partial charge < -0.3 is 16.0 Å². The largest absolute Gasteiger partial charge is 0.369 e. The summed E-state index contributed by atoms with van der Waals surface area (Å²) in [5.41, 5.74) is 4.36. The summed E-state index contributed by atoms with van der Waals surface area (Å²) in [7, 11) is 0. The van der Waals surface area contributed by atoms with Crippen molar-refractivity contribution in [3.05, 3.63) is 22.2 Å². The zero-order valence-electron chi connectivity index (χ0n) is 10.3.